The third kappa shape index (κ3) is 6.76. The molecular formula is C30H32N2O5. The van der Waals surface area contributed by atoms with Crippen LogP contribution < -0.4 is 15.2 Å². The number of Topliss-reactive ketones (excluding diaryl/α,β-unsaturated/α-hetero) is 1. The van der Waals surface area contributed by atoms with Crippen LogP contribution in [-0.2, 0) is 16.0 Å². The van der Waals surface area contributed by atoms with Crippen LogP contribution >= 0.6 is 0 Å². The van der Waals surface area contributed by atoms with Gasteiger partial charge in [0.1, 0.15) is 11.8 Å². The number of carbonyl (C=O) groups is 3. The highest BCUT2D eigenvalue weighted by molar-refractivity contribution is 6.04. The van der Waals surface area contributed by atoms with Gasteiger partial charge < -0.3 is 9.47 Å². The summed E-state index contributed by atoms with van der Waals surface area (Å²) in [5.74, 6) is -0.225. The highest BCUT2D eigenvalue weighted by Crippen LogP contribution is 2.30. The molecule has 4 rings (SSSR count). The van der Waals surface area contributed by atoms with Crippen molar-refractivity contribution in [1.29, 1.82) is 0 Å². The number of ether oxygens (including phenoxy) is 2. The Labute approximate surface area is 217 Å². The molecule has 0 saturated carbocycles. The summed E-state index contributed by atoms with van der Waals surface area (Å²) in [5, 5.41) is 1.73. The number of para-hydroxylation sites is 2. The lowest BCUT2D eigenvalue weighted by atomic mass is 9.99. The molecule has 0 aliphatic carbocycles. The van der Waals surface area contributed by atoms with Crippen LogP contribution in [0.2, 0.25) is 0 Å². The number of hydrogen-bond acceptors (Lipinski definition) is 6. The number of amides is 1. The van der Waals surface area contributed by atoms with Crippen LogP contribution in [0, 0.1) is 0 Å². The highest BCUT2D eigenvalue weighted by Gasteiger charge is 2.32. The molecule has 37 heavy (non-hydrogen) atoms. The zero-order valence-electron chi connectivity index (χ0n) is 21.0. The Kier molecular flexibility index (Phi) is 8.92. The van der Waals surface area contributed by atoms with E-state index in [9.17, 15) is 14.4 Å². The van der Waals surface area contributed by atoms with E-state index in [4.69, 9.17) is 9.47 Å². The van der Waals surface area contributed by atoms with Gasteiger partial charge in [0.05, 0.1) is 24.5 Å². The van der Waals surface area contributed by atoms with E-state index in [0.29, 0.717) is 49.4 Å². The molecule has 7 nitrogen and oxygen atoms in total. The fraction of sp³-hybridized carbons (Fsp3) is 0.300. The molecule has 1 heterocycles. The second-order valence-corrected chi connectivity index (χ2v) is 8.97. The van der Waals surface area contributed by atoms with Crippen molar-refractivity contribution in [1.82, 2.24) is 5.43 Å². The number of rotatable bonds is 10. The summed E-state index contributed by atoms with van der Waals surface area (Å²) >= 11 is 0. The first-order chi connectivity index (χ1) is 18.0. The quantitative estimate of drug-likeness (QED) is 0.236. The van der Waals surface area contributed by atoms with Crippen molar-refractivity contribution in [2.24, 2.45) is 0 Å². The van der Waals surface area contributed by atoms with Crippen molar-refractivity contribution < 1.29 is 23.9 Å². The van der Waals surface area contributed by atoms with E-state index in [1.807, 2.05) is 60.7 Å². The lowest BCUT2D eigenvalue weighted by molar-refractivity contribution is -0.141. The van der Waals surface area contributed by atoms with E-state index < -0.39 is 6.04 Å². The first-order valence-corrected chi connectivity index (χ1v) is 12.7. The number of carbonyl (C=O) groups excluding carboxylic acids is 3. The molecule has 0 bridgehead atoms. The minimum atomic E-state index is -0.538. The molecule has 7 heteroatoms. The van der Waals surface area contributed by atoms with E-state index in [2.05, 4.69) is 5.43 Å². The van der Waals surface area contributed by atoms with Gasteiger partial charge in [-0.2, -0.15) is 0 Å². The van der Waals surface area contributed by atoms with Crippen molar-refractivity contribution in [3.05, 3.63) is 95.6 Å². The largest absolute Gasteiger partial charge is 0.493 e. The zero-order valence-corrected chi connectivity index (χ0v) is 21.0. The molecule has 3 aromatic carbocycles. The number of nitrogens with one attached hydrogen (secondary N) is 1. The lowest BCUT2D eigenvalue weighted by Gasteiger charge is -2.32. The highest BCUT2D eigenvalue weighted by atomic mass is 16.5. The molecule has 0 saturated heterocycles. The summed E-state index contributed by atoms with van der Waals surface area (Å²) in [6, 6.07) is 23.6. The van der Waals surface area contributed by atoms with Crippen LogP contribution in [0.5, 0.6) is 5.75 Å². The second kappa shape index (κ2) is 12.7. The molecule has 1 N–H and O–H groups in total. The SMILES string of the molecule is CC(=O)OCCCCOc1ccccc1C(=O)NN1c2ccccc2CCCC1C(=O)c1ccccc1. The van der Waals surface area contributed by atoms with Crippen LogP contribution in [0.25, 0.3) is 0 Å². The first-order valence-electron chi connectivity index (χ1n) is 12.7. The Morgan fingerprint density at radius 2 is 1.59 bits per heavy atom. The van der Waals surface area contributed by atoms with E-state index in [0.717, 1.165) is 24.1 Å². The summed E-state index contributed by atoms with van der Waals surface area (Å²) in [4.78, 5) is 38.0. The van der Waals surface area contributed by atoms with Crippen molar-refractivity contribution >= 4 is 23.3 Å². The average molecular weight is 501 g/mol. The van der Waals surface area contributed by atoms with Gasteiger partial charge in [0.15, 0.2) is 5.78 Å². The maximum Gasteiger partial charge on any atom is 0.302 e. The molecule has 0 fully saturated rings. The number of fused-ring (bicyclic) bond motifs is 1. The number of benzene rings is 3. The zero-order chi connectivity index (χ0) is 26.0. The van der Waals surface area contributed by atoms with Crippen LogP contribution in [0.15, 0.2) is 78.9 Å². The van der Waals surface area contributed by atoms with Gasteiger partial charge in [-0.3, -0.25) is 24.8 Å². The third-order valence-corrected chi connectivity index (χ3v) is 6.30. The number of esters is 1. The van der Waals surface area contributed by atoms with Gasteiger partial charge in [0.25, 0.3) is 5.91 Å². The number of hydrazine groups is 1. The summed E-state index contributed by atoms with van der Waals surface area (Å²) in [7, 11) is 0. The Hall–Kier alpha value is -4.13. The van der Waals surface area contributed by atoms with Crippen molar-refractivity contribution in [2.45, 2.75) is 45.1 Å². The summed E-state index contributed by atoms with van der Waals surface area (Å²) < 4.78 is 10.9. The van der Waals surface area contributed by atoms with Gasteiger partial charge in [-0.1, -0.05) is 60.7 Å². The van der Waals surface area contributed by atoms with Crippen molar-refractivity contribution in [2.75, 3.05) is 18.2 Å². The van der Waals surface area contributed by atoms with Crippen molar-refractivity contribution in [3.8, 4) is 5.75 Å². The molecule has 1 unspecified atom stereocenters. The van der Waals surface area contributed by atoms with Gasteiger partial charge in [0.2, 0.25) is 0 Å². The normalized spacial score (nSPS) is 14.7. The predicted molar refractivity (Wildman–Crippen MR) is 142 cm³/mol. The Balaban J connectivity index is 1.53. The Morgan fingerprint density at radius 3 is 2.41 bits per heavy atom. The first kappa shape index (κ1) is 25.9. The lowest BCUT2D eigenvalue weighted by Crippen LogP contribution is -2.52. The van der Waals surface area contributed by atoms with E-state index in [-0.39, 0.29) is 17.7 Å². The summed E-state index contributed by atoms with van der Waals surface area (Å²) in [6.07, 6.45) is 3.62. The fourth-order valence-corrected chi connectivity index (χ4v) is 4.47. The number of aryl methyl sites for hydroxylation is 1. The Morgan fingerprint density at radius 1 is 0.892 bits per heavy atom. The van der Waals surface area contributed by atoms with Gasteiger partial charge in [-0.05, 0) is 55.9 Å². The molecule has 192 valence electrons. The number of anilines is 1. The van der Waals surface area contributed by atoms with E-state index in [1.54, 1.807) is 23.2 Å². The smallest absolute Gasteiger partial charge is 0.302 e. The predicted octanol–water partition coefficient (Wildman–Crippen LogP) is 5.15. The van der Waals surface area contributed by atoms with Gasteiger partial charge in [-0.25, -0.2) is 0 Å². The molecule has 0 radical (unpaired) electrons. The summed E-state index contributed by atoms with van der Waals surface area (Å²) in [5.41, 5.74) is 5.94. The molecule has 1 atom stereocenters. The monoisotopic (exact) mass is 500 g/mol. The molecule has 0 spiro atoms. The third-order valence-electron chi connectivity index (χ3n) is 6.30. The Bertz CT molecular complexity index is 1230. The molecule has 1 aliphatic rings. The van der Waals surface area contributed by atoms with E-state index in [1.165, 1.54) is 6.92 Å². The molecule has 3 aromatic rings. The van der Waals surface area contributed by atoms with Gasteiger partial charge in [0, 0.05) is 12.5 Å². The van der Waals surface area contributed by atoms with Crippen LogP contribution in [-0.4, -0.2) is 36.9 Å². The molecular weight excluding hydrogens is 468 g/mol. The maximum atomic E-state index is 13.6. The van der Waals surface area contributed by atoms with Gasteiger partial charge in [-0.15, -0.1) is 0 Å². The van der Waals surface area contributed by atoms with Crippen LogP contribution in [0.1, 0.15) is 58.9 Å². The second-order valence-electron chi connectivity index (χ2n) is 8.97. The number of nitrogens with zero attached hydrogens (tertiary/aromatic N) is 1. The molecule has 1 amide bonds. The topological polar surface area (TPSA) is 84.9 Å². The number of hydrogen-bond donors (Lipinski definition) is 1. The van der Waals surface area contributed by atoms with Crippen LogP contribution in [0.4, 0.5) is 5.69 Å². The number of unbranched alkanes of at least 4 members (excludes halogenated alkanes) is 1. The molecule has 0 aromatic heterocycles. The minimum absolute atomic E-state index is 0.0325. The standard InChI is InChI=1S/C30H32N2O5/c1-22(33)36-20-9-10-21-37-28-19-8-6-16-25(28)30(35)31-32-26-17-7-5-12-23(26)15-11-18-27(32)29(34)24-13-3-2-4-14-24/h2-8,12-14,16-17,19,27H,9-11,15,18,20-21H2,1H3,(H,31,35). The van der Waals surface area contributed by atoms with Crippen molar-refractivity contribution in [3.63, 3.8) is 0 Å². The fourth-order valence-electron chi connectivity index (χ4n) is 4.47. The number of ketones is 1. The maximum absolute atomic E-state index is 13.6. The van der Waals surface area contributed by atoms with Crippen LogP contribution in [0.3, 0.4) is 0 Å². The molecule has 1 aliphatic heterocycles. The summed E-state index contributed by atoms with van der Waals surface area (Å²) in [6.45, 7) is 2.10. The van der Waals surface area contributed by atoms with E-state index >= 15 is 0 Å². The average Bonchev–Trinajstić information content (AvgIpc) is 3.10. The van der Waals surface area contributed by atoms with Gasteiger partial charge >= 0.3 is 5.97 Å². The minimum Gasteiger partial charge on any atom is -0.493 e.